The second-order valence-corrected chi connectivity index (χ2v) is 11.3. The highest BCUT2D eigenvalue weighted by atomic mass is 32.2. The summed E-state index contributed by atoms with van der Waals surface area (Å²) >= 11 is 0. The molecule has 8 nitrogen and oxygen atoms in total. The highest BCUT2D eigenvalue weighted by molar-refractivity contribution is 7.89. The number of piperidine rings is 1. The molecule has 0 atom stereocenters. The second-order valence-electron chi connectivity index (χ2n) is 9.44. The van der Waals surface area contributed by atoms with Crippen molar-refractivity contribution in [1.82, 2.24) is 14.4 Å². The number of amides is 1. The number of anilines is 1. The van der Waals surface area contributed by atoms with Crippen molar-refractivity contribution >= 4 is 33.9 Å². The van der Waals surface area contributed by atoms with Crippen molar-refractivity contribution in [2.45, 2.75) is 52.4 Å². The molecule has 1 aliphatic heterocycles. The number of aromatic nitrogens is 2. The topological polar surface area (TPSA) is 105 Å². The van der Waals surface area contributed by atoms with E-state index in [1.807, 2.05) is 45.9 Å². The number of benzene rings is 1. The number of nitrogens with zero attached hydrogens (tertiary/aromatic N) is 3. The van der Waals surface area contributed by atoms with Crippen LogP contribution in [0.25, 0.3) is 12.2 Å². The number of pyridine rings is 1. The molecule has 36 heavy (non-hydrogen) atoms. The van der Waals surface area contributed by atoms with Gasteiger partial charge in [-0.1, -0.05) is 35.0 Å². The molecule has 0 saturated carbocycles. The van der Waals surface area contributed by atoms with E-state index < -0.39 is 10.0 Å². The first kappa shape index (κ1) is 25.8. The van der Waals surface area contributed by atoms with Gasteiger partial charge < -0.3 is 9.84 Å². The van der Waals surface area contributed by atoms with E-state index in [9.17, 15) is 13.2 Å². The molecule has 1 aliphatic rings. The molecule has 0 spiro atoms. The zero-order valence-electron chi connectivity index (χ0n) is 21.3. The van der Waals surface area contributed by atoms with Crippen LogP contribution in [0.2, 0.25) is 0 Å². The van der Waals surface area contributed by atoms with Gasteiger partial charge >= 0.3 is 0 Å². The smallest absolute Gasteiger partial charge is 0.248 e. The lowest BCUT2D eigenvalue weighted by atomic mass is 9.97. The summed E-state index contributed by atoms with van der Waals surface area (Å²) in [5.74, 6) is 0.288. The summed E-state index contributed by atoms with van der Waals surface area (Å²) in [5.41, 5.74) is 5.53. The Morgan fingerprint density at radius 2 is 1.72 bits per heavy atom. The minimum absolute atomic E-state index is 0.0769. The summed E-state index contributed by atoms with van der Waals surface area (Å²) in [4.78, 5) is 17.1. The summed E-state index contributed by atoms with van der Waals surface area (Å²) in [6.07, 6.45) is 4.40. The van der Waals surface area contributed by atoms with Crippen molar-refractivity contribution in [3.8, 4) is 0 Å². The second kappa shape index (κ2) is 10.4. The average Bonchev–Trinajstić information content (AvgIpc) is 3.19. The first-order valence-electron chi connectivity index (χ1n) is 12.0. The first-order valence-corrected chi connectivity index (χ1v) is 13.5. The Labute approximate surface area is 212 Å². The molecule has 0 radical (unpaired) electrons. The van der Waals surface area contributed by atoms with Gasteiger partial charge in [-0.2, -0.15) is 4.31 Å². The zero-order valence-corrected chi connectivity index (χ0v) is 22.1. The number of hydrogen-bond donors (Lipinski definition) is 1. The van der Waals surface area contributed by atoms with E-state index in [2.05, 4.69) is 27.6 Å². The Bertz CT molecular complexity index is 1390. The Morgan fingerprint density at radius 3 is 2.36 bits per heavy atom. The fraction of sp³-hybridized carbons (Fsp3) is 0.370. The third-order valence-electron chi connectivity index (χ3n) is 6.53. The molecule has 1 aromatic carbocycles. The van der Waals surface area contributed by atoms with E-state index >= 15 is 0 Å². The van der Waals surface area contributed by atoms with Gasteiger partial charge in [0.15, 0.2) is 10.7 Å². The first-order chi connectivity index (χ1) is 17.1. The fourth-order valence-corrected chi connectivity index (χ4v) is 6.46. The molecular weight excluding hydrogens is 476 g/mol. The van der Waals surface area contributed by atoms with Gasteiger partial charge in [0.1, 0.15) is 11.5 Å². The maximum absolute atomic E-state index is 13.6. The van der Waals surface area contributed by atoms with Crippen LogP contribution in [0.15, 0.2) is 39.8 Å². The third-order valence-corrected chi connectivity index (χ3v) is 8.59. The standard InChI is InChI=1S/C27H32N4O4S/c1-17-15-18(2)23(19(3)16-17)9-10-24-26(21(5)30-35-24)36(33,34)31-13-11-22(12-14-31)27(32)29-25-8-6-7-20(4)28-25/h6-10,15-16,22H,11-14H2,1-5H3,(H,28,29,32)/b10-9+. The van der Waals surface area contributed by atoms with Gasteiger partial charge in [0.25, 0.3) is 0 Å². The summed E-state index contributed by atoms with van der Waals surface area (Å²) in [5, 5.41) is 6.79. The van der Waals surface area contributed by atoms with Gasteiger partial charge in [-0.05, 0) is 82.4 Å². The molecule has 0 bridgehead atoms. The van der Waals surface area contributed by atoms with Crippen LogP contribution in [0.5, 0.6) is 0 Å². The van der Waals surface area contributed by atoms with Crippen LogP contribution in [0, 0.1) is 40.5 Å². The molecule has 1 amide bonds. The van der Waals surface area contributed by atoms with Crippen LogP contribution in [-0.4, -0.2) is 41.9 Å². The van der Waals surface area contributed by atoms with Gasteiger partial charge in [0.05, 0.1) is 0 Å². The van der Waals surface area contributed by atoms with Crippen molar-refractivity contribution in [1.29, 1.82) is 0 Å². The normalized spacial score (nSPS) is 15.5. The lowest BCUT2D eigenvalue weighted by molar-refractivity contribution is -0.120. The molecule has 0 unspecified atom stereocenters. The van der Waals surface area contributed by atoms with Crippen molar-refractivity contribution in [3.05, 3.63) is 69.7 Å². The van der Waals surface area contributed by atoms with Crippen LogP contribution in [0.3, 0.4) is 0 Å². The number of rotatable bonds is 6. The van der Waals surface area contributed by atoms with Crippen molar-refractivity contribution < 1.29 is 17.7 Å². The SMILES string of the molecule is Cc1cc(C)c(/C=C/c2onc(C)c2S(=O)(=O)N2CCC(C(=O)Nc3cccc(C)n3)CC2)c(C)c1. The van der Waals surface area contributed by atoms with Crippen molar-refractivity contribution in [2.75, 3.05) is 18.4 Å². The fourth-order valence-electron chi connectivity index (χ4n) is 4.74. The molecular formula is C27H32N4O4S. The molecule has 1 saturated heterocycles. The van der Waals surface area contributed by atoms with Gasteiger partial charge in [0.2, 0.25) is 15.9 Å². The quantitative estimate of drug-likeness (QED) is 0.512. The Hall–Kier alpha value is -3.30. The summed E-state index contributed by atoms with van der Waals surface area (Å²) in [6.45, 7) is 10.1. The molecule has 2 aromatic heterocycles. The molecule has 4 rings (SSSR count). The minimum atomic E-state index is -3.84. The molecule has 190 valence electrons. The lowest BCUT2D eigenvalue weighted by Gasteiger charge is -2.30. The number of aryl methyl sites for hydroxylation is 5. The number of hydrogen-bond acceptors (Lipinski definition) is 6. The molecule has 1 N–H and O–H groups in total. The predicted molar refractivity (Wildman–Crippen MR) is 140 cm³/mol. The van der Waals surface area contributed by atoms with Gasteiger partial charge in [-0.15, -0.1) is 0 Å². The van der Waals surface area contributed by atoms with E-state index in [0.717, 1.165) is 22.4 Å². The highest BCUT2D eigenvalue weighted by Gasteiger charge is 2.36. The van der Waals surface area contributed by atoms with Crippen LogP contribution in [0.4, 0.5) is 5.82 Å². The average molecular weight is 509 g/mol. The van der Waals surface area contributed by atoms with E-state index in [1.165, 1.54) is 9.87 Å². The highest BCUT2D eigenvalue weighted by Crippen LogP contribution is 2.30. The summed E-state index contributed by atoms with van der Waals surface area (Å²) in [7, 11) is -3.84. The third kappa shape index (κ3) is 5.42. The van der Waals surface area contributed by atoms with E-state index in [0.29, 0.717) is 24.4 Å². The van der Waals surface area contributed by atoms with Crippen molar-refractivity contribution in [2.24, 2.45) is 5.92 Å². The van der Waals surface area contributed by atoms with Gasteiger partial charge in [-0.25, -0.2) is 13.4 Å². The molecule has 3 heterocycles. The van der Waals surface area contributed by atoms with Crippen LogP contribution in [0.1, 0.15) is 52.2 Å². The van der Waals surface area contributed by atoms with E-state index in [1.54, 1.807) is 19.1 Å². The largest absolute Gasteiger partial charge is 0.355 e. The zero-order chi connectivity index (χ0) is 26.0. The lowest BCUT2D eigenvalue weighted by Crippen LogP contribution is -2.41. The maximum Gasteiger partial charge on any atom is 0.248 e. The molecule has 0 aliphatic carbocycles. The van der Waals surface area contributed by atoms with Gasteiger partial charge in [0, 0.05) is 24.7 Å². The van der Waals surface area contributed by atoms with Crippen LogP contribution in [-0.2, 0) is 14.8 Å². The molecule has 3 aromatic rings. The Kier molecular flexibility index (Phi) is 7.42. The monoisotopic (exact) mass is 508 g/mol. The molecule has 9 heteroatoms. The van der Waals surface area contributed by atoms with Crippen molar-refractivity contribution in [3.63, 3.8) is 0 Å². The minimum Gasteiger partial charge on any atom is -0.355 e. The number of carbonyl (C=O) groups excluding carboxylic acids is 1. The van der Waals surface area contributed by atoms with Crippen LogP contribution < -0.4 is 5.32 Å². The number of carbonyl (C=O) groups is 1. The number of sulfonamides is 1. The van der Waals surface area contributed by atoms with Gasteiger partial charge in [-0.3, -0.25) is 4.79 Å². The Morgan fingerprint density at radius 1 is 1.06 bits per heavy atom. The summed E-state index contributed by atoms with van der Waals surface area (Å²) < 4.78 is 34.0. The molecule has 1 fully saturated rings. The predicted octanol–water partition coefficient (Wildman–Crippen LogP) is 4.82. The maximum atomic E-state index is 13.6. The summed E-state index contributed by atoms with van der Waals surface area (Å²) in [6, 6.07) is 9.62. The van der Waals surface area contributed by atoms with E-state index in [-0.39, 0.29) is 35.6 Å². The Balaban J connectivity index is 1.48. The number of nitrogens with one attached hydrogen (secondary N) is 1. The van der Waals surface area contributed by atoms with E-state index in [4.69, 9.17) is 4.52 Å². The van der Waals surface area contributed by atoms with Crippen LogP contribution >= 0.6 is 0 Å².